The van der Waals surface area contributed by atoms with E-state index in [1.165, 1.54) is 41.3 Å². The number of hydrogen-bond donors (Lipinski definition) is 1. The van der Waals surface area contributed by atoms with Crippen LogP contribution >= 0.6 is 31.9 Å². The lowest BCUT2D eigenvalue weighted by molar-refractivity contribution is -0.384. The van der Waals surface area contributed by atoms with E-state index >= 15 is 0 Å². The topological polar surface area (TPSA) is 136 Å². The van der Waals surface area contributed by atoms with E-state index in [2.05, 4.69) is 37.2 Å². The Kier molecular flexibility index (Phi) is 7.50. The van der Waals surface area contributed by atoms with Gasteiger partial charge < -0.3 is 4.74 Å². The van der Waals surface area contributed by atoms with Crippen LogP contribution < -0.4 is 10.1 Å². The van der Waals surface area contributed by atoms with Gasteiger partial charge >= 0.3 is 12.0 Å². The number of hydrogen-bond acceptors (Lipinski definition) is 7. The number of nitro benzene ring substituents is 1. The molecule has 3 fully saturated rings. The van der Waals surface area contributed by atoms with Crippen LogP contribution in [0.1, 0.15) is 36.8 Å². The molecule has 2 aromatic carbocycles. The summed E-state index contributed by atoms with van der Waals surface area (Å²) in [5, 5.41) is 13.1. The molecule has 39 heavy (non-hydrogen) atoms. The van der Waals surface area contributed by atoms with Gasteiger partial charge in [0.2, 0.25) is 0 Å². The number of nitrogens with one attached hydrogen (secondary N) is 1. The molecule has 3 aliphatic rings. The zero-order chi connectivity index (χ0) is 27.8. The molecule has 0 unspecified atom stereocenters. The van der Waals surface area contributed by atoms with E-state index < -0.39 is 28.7 Å². The lowest BCUT2D eigenvalue weighted by Crippen LogP contribution is -2.58. The zero-order valence-electron chi connectivity index (χ0n) is 20.3. The third kappa shape index (κ3) is 5.57. The zero-order valence-corrected chi connectivity index (χ0v) is 23.4. The Balaban J connectivity index is 1.40. The molecule has 2 aliphatic carbocycles. The highest BCUT2D eigenvalue weighted by Gasteiger charge is 2.49. The number of esters is 1. The van der Waals surface area contributed by atoms with E-state index in [0.29, 0.717) is 20.4 Å². The van der Waals surface area contributed by atoms with Crippen molar-refractivity contribution in [3.8, 4) is 5.75 Å². The molecule has 200 valence electrons. The molecule has 2 aromatic rings. The number of rotatable bonds is 6. The molecule has 4 amide bonds. The number of carbonyl (C=O) groups is 4. The fourth-order valence-electron chi connectivity index (χ4n) is 5.46. The Bertz CT molecular complexity index is 1470. The largest absolute Gasteiger partial charge is 0.422 e. The number of barbiturate groups is 1. The summed E-state index contributed by atoms with van der Waals surface area (Å²) in [4.78, 5) is 62.9. The summed E-state index contributed by atoms with van der Waals surface area (Å²) in [5.41, 5.74) is 0.493. The quantitative estimate of drug-likeness (QED) is 0.110. The molecule has 1 saturated heterocycles. The van der Waals surface area contributed by atoms with E-state index in [1.54, 1.807) is 12.1 Å². The minimum atomic E-state index is -0.823. The van der Waals surface area contributed by atoms with Crippen LogP contribution in [0.2, 0.25) is 0 Å². The Morgan fingerprint density at radius 3 is 2.49 bits per heavy atom. The van der Waals surface area contributed by atoms with Gasteiger partial charge in [-0.15, -0.1) is 0 Å². The number of non-ortho nitro benzene ring substituents is 1. The molecule has 1 aliphatic heterocycles. The fourth-order valence-corrected chi connectivity index (χ4v) is 6.80. The highest BCUT2D eigenvalue weighted by molar-refractivity contribution is 9.11. The summed E-state index contributed by atoms with van der Waals surface area (Å²) in [7, 11) is 0. The van der Waals surface area contributed by atoms with Crippen molar-refractivity contribution >= 4 is 73.5 Å². The van der Waals surface area contributed by atoms with Gasteiger partial charge in [-0.2, -0.15) is 0 Å². The summed E-state index contributed by atoms with van der Waals surface area (Å²) >= 11 is 6.73. The van der Waals surface area contributed by atoms with E-state index in [-0.39, 0.29) is 34.5 Å². The second kappa shape index (κ2) is 10.9. The first kappa shape index (κ1) is 26.9. The lowest BCUT2D eigenvalue weighted by Gasteiger charge is -2.35. The average Bonchev–Trinajstić information content (AvgIpc) is 3.51. The molecule has 3 atom stereocenters. The Hall–Kier alpha value is -3.64. The summed E-state index contributed by atoms with van der Waals surface area (Å²) < 4.78 is 6.52. The normalized spacial score (nSPS) is 23.5. The van der Waals surface area contributed by atoms with Gasteiger partial charge in [0, 0.05) is 34.3 Å². The van der Waals surface area contributed by atoms with Gasteiger partial charge in [-0.3, -0.25) is 29.9 Å². The third-order valence-electron chi connectivity index (χ3n) is 7.22. The molecular formula is C27H21Br2N3O7. The van der Waals surface area contributed by atoms with Crippen molar-refractivity contribution in [3.05, 3.63) is 78.2 Å². The summed E-state index contributed by atoms with van der Waals surface area (Å²) in [6.45, 7) is 0. The summed E-state index contributed by atoms with van der Waals surface area (Å²) in [5.74, 6) is -1.47. The summed E-state index contributed by atoms with van der Waals surface area (Å²) in [6, 6.07) is 7.88. The molecular weight excluding hydrogens is 638 g/mol. The van der Waals surface area contributed by atoms with Crippen LogP contribution in [-0.4, -0.2) is 39.7 Å². The standard InChI is InChI=1S/C27H21Br2N3O7/c28-18-11-17(12-20-25(34)30-27(36)31(26(20)35)22-10-15-1-5-16(22)9-15)24(21(29)13-18)39-23(33)8-4-14-2-6-19(7-3-14)32(37)38/h2-4,6-8,11-13,15-16,22H,1,5,9-10H2,(H,30,34,36)/b8-4+,20-12-/t15-,16-,22+/m0/s1. The van der Waals surface area contributed by atoms with Gasteiger partial charge in [0.1, 0.15) is 5.57 Å². The number of amides is 4. The maximum Gasteiger partial charge on any atom is 0.336 e. The molecule has 0 spiro atoms. The highest BCUT2D eigenvalue weighted by Crippen LogP contribution is 2.47. The first-order chi connectivity index (χ1) is 18.6. The number of carbonyl (C=O) groups excluding carboxylic acids is 4. The number of nitrogens with zero attached hydrogens (tertiary/aromatic N) is 2. The third-order valence-corrected chi connectivity index (χ3v) is 8.27. The van der Waals surface area contributed by atoms with Crippen molar-refractivity contribution in [3.63, 3.8) is 0 Å². The Morgan fingerprint density at radius 1 is 1.10 bits per heavy atom. The SMILES string of the molecule is O=C(/C=C/c1ccc([N+](=O)[O-])cc1)Oc1c(Br)cc(Br)cc1/C=C1/C(=O)NC(=O)N([C@@H]2C[C@H]3CC[C@H]2C3)C1=O. The van der Waals surface area contributed by atoms with Gasteiger partial charge in [-0.1, -0.05) is 22.4 Å². The number of benzene rings is 2. The van der Waals surface area contributed by atoms with Crippen molar-refractivity contribution in [1.82, 2.24) is 10.2 Å². The van der Waals surface area contributed by atoms with E-state index in [1.807, 2.05) is 0 Å². The number of imide groups is 2. The van der Waals surface area contributed by atoms with Gasteiger partial charge in [0.05, 0.1) is 9.40 Å². The second-order valence-electron chi connectivity index (χ2n) is 9.64. The maximum absolute atomic E-state index is 13.4. The Labute approximate surface area is 239 Å². The highest BCUT2D eigenvalue weighted by atomic mass is 79.9. The fraction of sp³-hybridized carbons (Fsp3) is 0.259. The maximum atomic E-state index is 13.4. The van der Waals surface area contributed by atoms with E-state index in [9.17, 15) is 29.3 Å². The van der Waals surface area contributed by atoms with Crippen LogP contribution in [0.3, 0.4) is 0 Å². The van der Waals surface area contributed by atoms with Crippen LogP contribution in [0.5, 0.6) is 5.75 Å². The Morgan fingerprint density at radius 2 is 1.85 bits per heavy atom. The van der Waals surface area contributed by atoms with Crippen LogP contribution in [0.4, 0.5) is 10.5 Å². The van der Waals surface area contributed by atoms with Crippen molar-refractivity contribution in [1.29, 1.82) is 0 Å². The van der Waals surface area contributed by atoms with E-state index in [4.69, 9.17) is 4.74 Å². The van der Waals surface area contributed by atoms with Crippen molar-refractivity contribution < 1.29 is 28.8 Å². The van der Waals surface area contributed by atoms with Crippen LogP contribution in [-0.2, 0) is 14.4 Å². The van der Waals surface area contributed by atoms with Gasteiger partial charge in [0.15, 0.2) is 5.75 Å². The molecule has 0 radical (unpaired) electrons. The second-order valence-corrected chi connectivity index (χ2v) is 11.4. The molecule has 10 nitrogen and oxygen atoms in total. The minimum absolute atomic E-state index is 0.0630. The molecule has 2 bridgehead atoms. The molecule has 1 N–H and O–H groups in total. The molecule has 2 saturated carbocycles. The van der Waals surface area contributed by atoms with Crippen LogP contribution in [0, 0.1) is 22.0 Å². The first-order valence-corrected chi connectivity index (χ1v) is 13.7. The first-order valence-electron chi connectivity index (χ1n) is 12.1. The van der Waals surface area contributed by atoms with Gasteiger partial charge in [-0.25, -0.2) is 9.59 Å². The van der Waals surface area contributed by atoms with Gasteiger partial charge in [-0.05, 0) is 89.0 Å². The van der Waals surface area contributed by atoms with Crippen molar-refractivity contribution in [2.45, 2.75) is 31.7 Å². The van der Waals surface area contributed by atoms with Crippen LogP contribution in [0.25, 0.3) is 12.2 Å². The lowest BCUT2D eigenvalue weighted by atomic mass is 9.93. The van der Waals surface area contributed by atoms with Crippen molar-refractivity contribution in [2.75, 3.05) is 0 Å². The molecule has 1 heterocycles. The summed E-state index contributed by atoms with van der Waals surface area (Å²) in [6.07, 6.45) is 7.65. The number of urea groups is 1. The molecule has 12 heteroatoms. The van der Waals surface area contributed by atoms with E-state index in [0.717, 1.165) is 31.8 Å². The predicted octanol–water partition coefficient (Wildman–Crippen LogP) is 5.39. The smallest absolute Gasteiger partial charge is 0.336 e. The minimum Gasteiger partial charge on any atom is -0.422 e. The predicted molar refractivity (Wildman–Crippen MR) is 147 cm³/mol. The van der Waals surface area contributed by atoms with Crippen molar-refractivity contribution in [2.24, 2.45) is 11.8 Å². The monoisotopic (exact) mass is 657 g/mol. The number of fused-ring (bicyclic) bond motifs is 2. The molecule has 0 aromatic heterocycles. The number of ether oxygens (including phenoxy) is 1. The molecule has 5 rings (SSSR count). The number of nitro groups is 1. The average molecular weight is 659 g/mol. The van der Waals surface area contributed by atoms with Crippen LogP contribution in [0.15, 0.2) is 57.0 Å². The number of halogens is 2. The van der Waals surface area contributed by atoms with Gasteiger partial charge in [0.25, 0.3) is 17.5 Å².